The number of hydrogen-bond donors (Lipinski definition) is 1. The van der Waals surface area contributed by atoms with E-state index < -0.39 is 5.97 Å². The molecule has 6 rings (SSSR count). The van der Waals surface area contributed by atoms with E-state index in [2.05, 4.69) is 39.1 Å². The number of methoxy groups -OCH3 is 2. The van der Waals surface area contributed by atoms with Crippen LogP contribution in [-0.2, 0) is 18.3 Å². The largest absolute Gasteiger partial charge is 0.494 e. The first kappa shape index (κ1) is 24.0. The van der Waals surface area contributed by atoms with Crippen LogP contribution in [0.15, 0.2) is 48.7 Å². The van der Waals surface area contributed by atoms with Gasteiger partial charge in [0.15, 0.2) is 5.82 Å². The summed E-state index contributed by atoms with van der Waals surface area (Å²) in [6.07, 6.45) is 6.19. The molecule has 0 unspecified atom stereocenters. The van der Waals surface area contributed by atoms with Gasteiger partial charge in [-0.25, -0.2) is 19.7 Å². The lowest BCUT2D eigenvalue weighted by Crippen LogP contribution is -2.05. The molecule has 4 aromatic heterocycles. The average molecular weight is 511 g/mol. The van der Waals surface area contributed by atoms with Crippen LogP contribution in [0.2, 0.25) is 0 Å². The number of rotatable bonds is 3. The zero-order chi connectivity index (χ0) is 26.2. The Morgan fingerprint density at radius 2 is 1.89 bits per heavy atom. The van der Waals surface area contributed by atoms with Crippen molar-refractivity contribution >= 4 is 33.9 Å². The summed E-state index contributed by atoms with van der Waals surface area (Å²) in [7, 11) is 4.94. The number of esters is 1. The smallest absolute Gasteiger partial charge is 0.338 e. The van der Waals surface area contributed by atoms with E-state index in [1.807, 2.05) is 23.9 Å². The molecule has 1 aliphatic rings. The van der Waals surface area contributed by atoms with Crippen LogP contribution < -0.4 is 10.1 Å². The Balaban J connectivity index is 1.56. The van der Waals surface area contributed by atoms with Gasteiger partial charge in [0.05, 0.1) is 36.7 Å². The summed E-state index contributed by atoms with van der Waals surface area (Å²) >= 11 is 0. The summed E-state index contributed by atoms with van der Waals surface area (Å²) in [6.45, 7) is 1.72. The van der Waals surface area contributed by atoms with E-state index in [0.717, 1.165) is 83.9 Å². The summed E-state index contributed by atoms with van der Waals surface area (Å²) in [5, 5.41) is 4.55. The van der Waals surface area contributed by atoms with E-state index in [1.54, 1.807) is 19.2 Å². The topological polar surface area (TPSA) is 96.1 Å². The van der Waals surface area contributed by atoms with Gasteiger partial charge in [0, 0.05) is 37.3 Å². The summed E-state index contributed by atoms with van der Waals surface area (Å²) < 4.78 is 14.9. The first-order valence-corrected chi connectivity index (χ1v) is 12.9. The van der Waals surface area contributed by atoms with Gasteiger partial charge in [-0.2, -0.15) is 0 Å². The number of hydrogen-bond acceptors (Lipinski definition) is 7. The Hall–Kier alpha value is -4.40. The van der Waals surface area contributed by atoms with Gasteiger partial charge in [-0.3, -0.25) is 0 Å². The third-order valence-electron chi connectivity index (χ3n) is 7.23. The van der Waals surface area contributed by atoms with Crippen LogP contribution in [-0.4, -0.2) is 50.8 Å². The number of imidazole rings is 1. The molecule has 1 N–H and O–H groups in total. The van der Waals surface area contributed by atoms with Crippen molar-refractivity contribution in [3.63, 3.8) is 0 Å². The SMILES string of the molecule is COC(=O)c1cc(OC)c2c(c1)nc(-c1cc3ccc4nc3n1CCCCCCNc1ncccc1-4)n2C. The Morgan fingerprint density at radius 1 is 1.03 bits per heavy atom. The molecule has 0 saturated carbocycles. The standard InChI is InChI=1S/C29H30N6O3/c1-34-25-22(15-19(29(36)38-3)17-24(25)37-2)33-28(34)23-16-18-10-11-21-20-9-8-13-31-26(20)30-12-6-4-5-7-14-35(23)27(18)32-21/h8-11,13,15-17H,4-7,12,14H2,1-3H3,(H,30,31). The Morgan fingerprint density at radius 3 is 2.74 bits per heavy atom. The lowest BCUT2D eigenvalue weighted by Gasteiger charge is -2.12. The number of carbonyl (C=O) groups excluding carboxylic acids is 1. The van der Waals surface area contributed by atoms with E-state index in [-0.39, 0.29) is 0 Å². The van der Waals surface area contributed by atoms with Crippen LogP contribution >= 0.6 is 0 Å². The van der Waals surface area contributed by atoms with Crippen molar-refractivity contribution in [3.8, 4) is 28.5 Å². The van der Waals surface area contributed by atoms with Crippen LogP contribution in [0.4, 0.5) is 5.82 Å². The summed E-state index contributed by atoms with van der Waals surface area (Å²) in [5.74, 6) is 1.79. The molecule has 0 spiro atoms. The Kier molecular flexibility index (Phi) is 6.19. The maximum atomic E-state index is 12.3. The minimum Gasteiger partial charge on any atom is -0.494 e. The van der Waals surface area contributed by atoms with Crippen LogP contribution in [0.3, 0.4) is 0 Å². The zero-order valence-corrected chi connectivity index (χ0v) is 21.8. The van der Waals surface area contributed by atoms with Crippen molar-refractivity contribution in [2.45, 2.75) is 32.2 Å². The van der Waals surface area contributed by atoms with Gasteiger partial charge in [-0.1, -0.05) is 12.8 Å². The summed E-state index contributed by atoms with van der Waals surface area (Å²) in [4.78, 5) is 27.0. The van der Waals surface area contributed by atoms with Crippen molar-refractivity contribution in [2.24, 2.45) is 7.05 Å². The van der Waals surface area contributed by atoms with Gasteiger partial charge in [-0.15, -0.1) is 0 Å². The Labute approximate surface area is 220 Å². The lowest BCUT2D eigenvalue weighted by molar-refractivity contribution is 0.0600. The second-order valence-electron chi connectivity index (χ2n) is 9.56. The average Bonchev–Trinajstić information content (AvgIpc) is 3.48. The van der Waals surface area contributed by atoms with E-state index in [1.165, 1.54) is 7.11 Å². The van der Waals surface area contributed by atoms with Crippen molar-refractivity contribution in [2.75, 3.05) is 26.1 Å². The fourth-order valence-electron chi connectivity index (χ4n) is 5.33. The maximum absolute atomic E-state index is 12.3. The maximum Gasteiger partial charge on any atom is 0.338 e. The van der Waals surface area contributed by atoms with Crippen molar-refractivity contribution in [3.05, 3.63) is 54.2 Å². The number of carbonyl (C=O) groups is 1. The molecule has 0 aliphatic carbocycles. The molecule has 0 amide bonds. The monoisotopic (exact) mass is 510 g/mol. The van der Waals surface area contributed by atoms with Gasteiger partial charge < -0.3 is 23.9 Å². The number of anilines is 1. The summed E-state index contributed by atoms with van der Waals surface area (Å²) in [5.41, 5.74) is 5.66. The number of nitrogens with one attached hydrogen (secondary N) is 1. The number of pyridine rings is 2. The van der Waals surface area contributed by atoms with E-state index in [9.17, 15) is 4.79 Å². The molecule has 38 heavy (non-hydrogen) atoms. The number of aryl methyl sites for hydroxylation is 2. The highest BCUT2D eigenvalue weighted by molar-refractivity contribution is 5.97. The van der Waals surface area contributed by atoms with Gasteiger partial charge in [0.1, 0.15) is 22.7 Å². The van der Waals surface area contributed by atoms with Crippen molar-refractivity contribution in [1.82, 2.24) is 24.1 Å². The molecule has 9 heteroatoms. The predicted octanol–water partition coefficient (Wildman–Crippen LogP) is 5.43. The van der Waals surface area contributed by atoms with Crippen molar-refractivity contribution in [1.29, 1.82) is 0 Å². The van der Waals surface area contributed by atoms with Gasteiger partial charge in [0.2, 0.25) is 0 Å². The number of nitrogens with zero attached hydrogens (tertiary/aromatic N) is 5. The highest BCUT2D eigenvalue weighted by atomic mass is 16.5. The molecule has 0 radical (unpaired) electrons. The van der Waals surface area contributed by atoms with E-state index >= 15 is 0 Å². The molecule has 194 valence electrons. The highest BCUT2D eigenvalue weighted by Gasteiger charge is 2.22. The second kappa shape index (κ2) is 9.81. The first-order valence-electron chi connectivity index (χ1n) is 12.9. The molecular formula is C29H30N6O3. The summed E-state index contributed by atoms with van der Waals surface area (Å²) in [6, 6.07) is 13.8. The molecule has 5 aromatic rings. The number of fused-ring (bicyclic) bond motifs is 4. The highest BCUT2D eigenvalue weighted by Crippen LogP contribution is 2.35. The number of benzene rings is 1. The molecule has 2 bridgehead atoms. The van der Waals surface area contributed by atoms with E-state index in [0.29, 0.717) is 16.8 Å². The van der Waals surface area contributed by atoms with Crippen LogP contribution in [0.25, 0.3) is 44.8 Å². The Bertz CT molecular complexity index is 1670. The molecule has 1 aliphatic heterocycles. The lowest BCUT2D eigenvalue weighted by atomic mass is 10.1. The molecule has 5 heterocycles. The molecule has 1 aromatic carbocycles. The number of ether oxygens (including phenoxy) is 2. The molecule has 0 atom stereocenters. The molecule has 0 fully saturated rings. The van der Waals surface area contributed by atoms with Gasteiger partial charge >= 0.3 is 5.97 Å². The first-order chi connectivity index (χ1) is 18.6. The van der Waals surface area contributed by atoms with Crippen molar-refractivity contribution < 1.29 is 14.3 Å². The molecule has 9 nitrogen and oxygen atoms in total. The van der Waals surface area contributed by atoms with Gasteiger partial charge in [0.25, 0.3) is 0 Å². The second-order valence-corrected chi connectivity index (χ2v) is 9.56. The van der Waals surface area contributed by atoms with Crippen LogP contribution in [0.5, 0.6) is 5.75 Å². The minimum atomic E-state index is -0.426. The molecular weight excluding hydrogens is 480 g/mol. The predicted molar refractivity (Wildman–Crippen MR) is 148 cm³/mol. The zero-order valence-electron chi connectivity index (χ0n) is 21.8. The minimum absolute atomic E-state index is 0.403. The third-order valence-corrected chi connectivity index (χ3v) is 7.23. The van der Waals surface area contributed by atoms with Gasteiger partial charge in [-0.05, 0) is 55.3 Å². The normalized spacial score (nSPS) is 13.9. The quantitative estimate of drug-likeness (QED) is 0.323. The van der Waals surface area contributed by atoms with Crippen LogP contribution in [0.1, 0.15) is 36.0 Å². The fourth-order valence-corrected chi connectivity index (χ4v) is 5.33. The van der Waals surface area contributed by atoms with Crippen LogP contribution in [0, 0.1) is 0 Å². The van der Waals surface area contributed by atoms with E-state index in [4.69, 9.17) is 19.4 Å². The fraction of sp³-hybridized carbons (Fsp3) is 0.310. The number of aromatic nitrogens is 5. The third kappa shape index (κ3) is 4.04. The molecule has 0 saturated heterocycles.